The van der Waals surface area contributed by atoms with E-state index < -0.39 is 0 Å². The lowest BCUT2D eigenvalue weighted by Gasteiger charge is -2.10. The molecule has 2 aliphatic rings. The van der Waals surface area contributed by atoms with Crippen molar-refractivity contribution in [2.24, 2.45) is 0 Å². The van der Waals surface area contributed by atoms with Crippen molar-refractivity contribution in [3.05, 3.63) is 55.5 Å². The molecule has 2 aliphatic carbocycles. The molecule has 0 aliphatic heterocycles. The zero-order chi connectivity index (χ0) is 20.1. The number of aromatic hydroxyl groups is 1. The largest absolute Gasteiger partial charge is 0.508 e. The van der Waals surface area contributed by atoms with Crippen molar-refractivity contribution in [3.8, 4) is 11.5 Å². The third kappa shape index (κ3) is 7.43. The second-order valence-electron chi connectivity index (χ2n) is 7.15. The van der Waals surface area contributed by atoms with Crippen LogP contribution < -0.4 is 4.74 Å². The number of rotatable bonds is 2. The second-order valence-corrected chi connectivity index (χ2v) is 10.0. The van der Waals surface area contributed by atoms with Crippen molar-refractivity contribution >= 4 is 47.8 Å². The van der Waals surface area contributed by atoms with Gasteiger partial charge < -0.3 is 9.84 Å². The van der Waals surface area contributed by atoms with Gasteiger partial charge in [-0.15, -0.1) is 0 Å². The van der Waals surface area contributed by atoms with Crippen molar-refractivity contribution in [2.45, 2.75) is 64.3 Å². The molecule has 4 rings (SSSR count). The van der Waals surface area contributed by atoms with E-state index in [1.807, 2.05) is 19.9 Å². The van der Waals surface area contributed by atoms with E-state index in [1.54, 1.807) is 6.07 Å². The highest BCUT2D eigenvalue weighted by atomic mass is 79.9. The molecule has 2 nitrogen and oxygen atoms in total. The van der Waals surface area contributed by atoms with Gasteiger partial charge in [-0.2, -0.15) is 0 Å². The predicted molar refractivity (Wildman–Crippen MR) is 124 cm³/mol. The quantitative estimate of drug-likeness (QED) is 0.377. The van der Waals surface area contributed by atoms with E-state index in [1.165, 1.54) is 41.3 Å². The van der Waals surface area contributed by atoms with Gasteiger partial charge in [0.15, 0.2) is 0 Å². The Hall–Kier alpha value is -0.520. The minimum absolute atomic E-state index is 0.345. The number of hydrogen-bond acceptors (Lipinski definition) is 2. The highest BCUT2D eigenvalue weighted by Gasteiger charge is 2.24. The van der Waals surface area contributed by atoms with Crippen molar-refractivity contribution in [1.29, 1.82) is 0 Å². The van der Waals surface area contributed by atoms with E-state index in [0.717, 1.165) is 26.2 Å². The third-order valence-corrected chi connectivity index (χ3v) is 7.76. The molecule has 0 spiro atoms. The molecule has 27 heavy (non-hydrogen) atoms. The number of halogens is 3. The fraction of sp³-hybridized carbons (Fsp3) is 0.455. The molecule has 2 saturated carbocycles. The number of alkyl halides is 1. The molecule has 0 bridgehead atoms. The lowest BCUT2D eigenvalue weighted by atomic mass is 10.1. The molecule has 2 aromatic rings. The summed E-state index contributed by atoms with van der Waals surface area (Å²) in [5.41, 5.74) is 4.53. The number of phenolic OH excluding ortho intramolecular Hbond substituents is 1. The van der Waals surface area contributed by atoms with Crippen LogP contribution in [0.1, 0.15) is 47.9 Å². The predicted octanol–water partition coefficient (Wildman–Crippen LogP) is 7.92. The monoisotopic (exact) mass is 560 g/mol. The summed E-state index contributed by atoms with van der Waals surface area (Å²) in [7, 11) is 0. The molecule has 2 fully saturated rings. The number of hydrogen-bond donors (Lipinski definition) is 1. The van der Waals surface area contributed by atoms with Crippen LogP contribution in [0.5, 0.6) is 11.5 Å². The summed E-state index contributed by atoms with van der Waals surface area (Å²) >= 11 is 10.3. The van der Waals surface area contributed by atoms with Crippen LogP contribution in [-0.4, -0.2) is 16.0 Å². The van der Waals surface area contributed by atoms with E-state index in [4.69, 9.17) is 4.74 Å². The van der Waals surface area contributed by atoms with Crippen molar-refractivity contribution < 1.29 is 9.84 Å². The normalized spacial score (nSPS) is 15.2. The first kappa shape index (κ1) is 22.8. The van der Waals surface area contributed by atoms with Crippen molar-refractivity contribution in [3.63, 3.8) is 0 Å². The first-order valence-corrected chi connectivity index (χ1v) is 11.7. The average Bonchev–Trinajstić information content (AvgIpc) is 3.57. The van der Waals surface area contributed by atoms with Crippen LogP contribution in [0, 0.1) is 27.7 Å². The fourth-order valence-electron chi connectivity index (χ4n) is 2.17. The van der Waals surface area contributed by atoms with E-state index in [0.29, 0.717) is 11.9 Å². The van der Waals surface area contributed by atoms with Gasteiger partial charge in [-0.25, -0.2) is 0 Å². The molecule has 0 heterocycles. The highest BCUT2D eigenvalue weighted by molar-refractivity contribution is 9.11. The van der Waals surface area contributed by atoms with Gasteiger partial charge in [0.2, 0.25) is 0 Å². The molecular formula is C22H27Br3O2. The van der Waals surface area contributed by atoms with Gasteiger partial charge in [0, 0.05) is 24.9 Å². The van der Waals surface area contributed by atoms with Gasteiger partial charge in [-0.3, -0.25) is 0 Å². The van der Waals surface area contributed by atoms with Crippen molar-refractivity contribution in [2.75, 3.05) is 0 Å². The molecule has 0 unspecified atom stereocenters. The fourth-order valence-corrected chi connectivity index (χ4v) is 3.10. The van der Waals surface area contributed by atoms with Crippen LogP contribution in [0.4, 0.5) is 0 Å². The SMILES string of the molecule is BrC1CC1.Cc1ccc(O)c(C)c1Br.Cc1ccc(OC2CC2)c(C)c1Br. The standard InChI is InChI=1S/C11H13BrO.C8H9BrO.C3H5Br/c1-7-3-6-10(8(2)11(7)12)13-9-4-5-9;1-5-3-4-7(10)6(2)8(5)9;4-3-1-2-3/h3,6,9H,4-5H2,1-2H3;3-4,10H,1-2H3;3H,1-2H2. The van der Waals surface area contributed by atoms with Gasteiger partial charge in [-0.05, 0) is 76.6 Å². The zero-order valence-corrected chi connectivity index (χ0v) is 21.0. The van der Waals surface area contributed by atoms with Gasteiger partial charge in [-0.1, -0.05) is 59.9 Å². The van der Waals surface area contributed by atoms with Crippen molar-refractivity contribution in [1.82, 2.24) is 0 Å². The summed E-state index contributed by atoms with van der Waals surface area (Å²) in [6.07, 6.45) is 5.71. The van der Waals surface area contributed by atoms with E-state index in [-0.39, 0.29) is 0 Å². The Balaban J connectivity index is 0.000000164. The van der Waals surface area contributed by atoms with Crippen LogP contribution in [0.25, 0.3) is 0 Å². The Bertz CT molecular complexity index is 755. The summed E-state index contributed by atoms with van der Waals surface area (Å²) in [6, 6.07) is 7.74. The smallest absolute Gasteiger partial charge is 0.123 e. The van der Waals surface area contributed by atoms with Gasteiger partial charge >= 0.3 is 0 Å². The topological polar surface area (TPSA) is 29.5 Å². The first-order valence-electron chi connectivity index (χ1n) is 9.21. The van der Waals surface area contributed by atoms with Crippen LogP contribution in [0.2, 0.25) is 0 Å². The molecule has 1 N–H and O–H groups in total. The minimum Gasteiger partial charge on any atom is -0.508 e. The number of phenols is 1. The number of aryl methyl sites for hydroxylation is 2. The van der Waals surface area contributed by atoms with Gasteiger partial charge in [0.1, 0.15) is 11.5 Å². The first-order chi connectivity index (χ1) is 12.7. The minimum atomic E-state index is 0.345. The maximum Gasteiger partial charge on any atom is 0.123 e. The number of benzene rings is 2. The maximum atomic E-state index is 9.19. The molecule has 148 valence electrons. The Labute approximate surface area is 188 Å². The Kier molecular flexibility index (Phi) is 8.70. The Morgan fingerprint density at radius 3 is 1.74 bits per heavy atom. The molecule has 0 atom stereocenters. The second kappa shape index (κ2) is 10.3. The maximum absolute atomic E-state index is 9.19. The Morgan fingerprint density at radius 2 is 1.30 bits per heavy atom. The molecule has 0 aromatic heterocycles. The van der Waals surface area contributed by atoms with Gasteiger partial charge in [0.05, 0.1) is 6.10 Å². The van der Waals surface area contributed by atoms with E-state index in [9.17, 15) is 5.11 Å². The van der Waals surface area contributed by atoms with Crippen LogP contribution >= 0.6 is 47.8 Å². The average molecular weight is 563 g/mol. The van der Waals surface area contributed by atoms with Crippen LogP contribution in [0.15, 0.2) is 33.2 Å². The lowest BCUT2D eigenvalue weighted by molar-refractivity contribution is 0.301. The molecule has 2 aromatic carbocycles. The summed E-state index contributed by atoms with van der Waals surface area (Å²) < 4.78 is 7.93. The number of ether oxygens (including phenoxy) is 1. The van der Waals surface area contributed by atoms with E-state index in [2.05, 4.69) is 73.8 Å². The van der Waals surface area contributed by atoms with E-state index >= 15 is 0 Å². The molecule has 0 radical (unpaired) electrons. The lowest BCUT2D eigenvalue weighted by Crippen LogP contribution is -1.98. The zero-order valence-electron chi connectivity index (χ0n) is 16.3. The van der Waals surface area contributed by atoms with Crippen LogP contribution in [-0.2, 0) is 0 Å². The molecule has 0 saturated heterocycles. The molecular weight excluding hydrogens is 536 g/mol. The molecule has 5 heteroatoms. The highest BCUT2D eigenvalue weighted by Crippen LogP contribution is 2.33. The summed E-state index contributed by atoms with van der Waals surface area (Å²) in [5.74, 6) is 1.37. The summed E-state index contributed by atoms with van der Waals surface area (Å²) in [4.78, 5) is 0.896. The third-order valence-electron chi connectivity index (χ3n) is 4.41. The van der Waals surface area contributed by atoms with Crippen LogP contribution in [0.3, 0.4) is 0 Å². The molecule has 0 amide bonds. The Morgan fingerprint density at radius 1 is 0.815 bits per heavy atom. The summed E-state index contributed by atoms with van der Waals surface area (Å²) in [5, 5.41) is 9.19. The van der Waals surface area contributed by atoms with Gasteiger partial charge in [0.25, 0.3) is 0 Å². The summed E-state index contributed by atoms with van der Waals surface area (Å²) in [6.45, 7) is 8.07.